The number of nitrogen functional groups attached to an aromatic ring is 1. The number of benzene rings is 1. The number of nitrogens with two attached hydrogens (primary N) is 1. The molecule has 0 aliphatic rings. The van der Waals surface area contributed by atoms with Gasteiger partial charge in [-0.05, 0) is 31.0 Å². The number of carbonyl (C=O) groups is 1. The predicted octanol–water partition coefficient (Wildman–Crippen LogP) is 2.21. The fourth-order valence-corrected chi connectivity index (χ4v) is 1.70. The highest BCUT2D eigenvalue weighted by Crippen LogP contribution is 2.10. The minimum Gasteiger partial charge on any atom is -0.399 e. The molecule has 0 atom stereocenters. The molecule has 0 heterocycles. The van der Waals surface area contributed by atoms with Crippen molar-refractivity contribution >= 4 is 11.7 Å². The van der Waals surface area contributed by atoms with Gasteiger partial charge >= 0.3 is 6.03 Å². The highest BCUT2D eigenvalue weighted by atomic mass is 16.2. The third-order valence-electron chi connectivity index (χ3n) is 2.43. The standard InChI is InChI=1S/C13H21N3O/c1-3-8-16(13(17)15-4-2)10-11-6-5-7-12(14)9-11/h5-7,9H,3-4,8,10,14H2,1-2H3,(H,15,17). The molecular weight excluding hydrogens is 214 g/mol. The van der Waals surface area contributed by atoms with E-state index in [4.69, 9.17) is 5.73 Å². The Morgan fingerprint density at radius 3 is 2.76 bits per heavy atom. The van der Waals surface area contributed by atoms with Crippen molar-refractivity contribution in [1.82, 2.24) is 10.2 Å². The van der Waals surface area contributed by atoms with Crippen LogP contribution in [0.3, 0.4) is 0 Å². The molecule has 1 rings (SSSR count). The molecule has 94 valence electrons. The molecule has 3 N–H and O–H groups in total. The van der Waals surface area contributed by atoms with Gasteiger partial charge in [-0.3, -0.25) is 0 Å². The molecule has 0 unspecified atom stereocenters. The van der Waals surface area contributed by atoms with Crippen LogP contribution in [-0.2, 0) is 6.54 Å². The summed E-state index contributed by atoms with van der Waals surface area (Å²) < 4.78 is 0. The van der Waals surface area contributed by atoms with E-state index in [1.54, 1.807) is 4.90 Å². The largest absolute Gasteiger partial charge is 0.399 e. The first-order chi connectivity index (χ1) is 8.17. The Labute approximate surface area is 103 Å². The maximum Gasteiger partial charge on any atom is 0.317 e. The second kappa shape index (κ2) is 6.78. The summed E-state index contributed by atoms with van der Waals surface area (Å²) in [6.45, 7) is 5.98. The molecule has 1 aromatic rings. The van der Waals surface area contributed by atoms with Crippen molar-refractivity contribution in [3.05, 3.63) is 29.8 Å². The molecule has 0 aromatic heterocycles. The molecule has 2 amide bonds. The molecule has 0 radical (unpaired) electrons. The lowest BCUT2D eigenvalue weighted by molar-refractivity contribution is 0.196. The zero-order valence-corrected chi connectivity index (χ0v) is 10.6. The van der Waals surface area contributed by atoms with Crippen LogP contribution in [-0.4, -0.2) is 24.0 Å². The third-order valence-corrected chi connectivity index (χ3v) is 2.43. The summed E-state index contributed by atoms with van der Waals surface area (Å²) in [4.78, 5) is 13.6. The number of carbonyl (C=O) groups excluding carboxylic acids is 1. The van der Waals surface area contributed by atoms with Crippen LogP contribution in [0, 0.1) is 0 Å². The Morgan fingerprint density at radius 1 is 1.41 bits per heavy atom. The van der Waals surface area contributed by atoms with Gasteiger partial charge in [0.15, 0.2) is 0 Å². The van der Waals surface area contributed by atoms with Crippen LogP contribution >= 0.6 is 0 Å². The molecule has 0 aliphatic carbocycles. The summed E-state index contributed by atoms with van der Waals surface area (Å²) in [5.74, 6) is 0. The monoisotopic (exact) mass is 235 g/mol. The first-order valence-corrected chi connectivity index (χ1v) is 6.04. The van der Waals surface area contributed by atoms with Gasteiger partial charge < -0.3 is 16.0 Å². The van der Waals surface area contributed by atoms with Gasteiger partial charge in [0.2, 0.25) is 0 Å². The van der Waals surface area contributed by atoms with Gasteiger partial charge in [-0.2, -0.15) is 0 Å². The van der Waals surface area contributed by atoms with E-state index in [9.17, 15) is 4.79 Å². The summed E-state index contributed by atoms with van der Waals surface area (Å²) in [5.41, 5.74) is 7.52. The van der Waals surface area contributed by atoms with E-state index in [-0.39, 0.29) is 6.03 Å². The summed E-state index contributed by atoms with van der Waals surface area (Å²) in [7, 11) is 0. The van der Waals surface area contributed by atoms with Crippen LogP contribution in [0.25, 0.3) is 0 Å². The summed E-state index contributed by atoms with van der Waals surface area (Å²) in [5, 5.41) is 2.82. The van der Waals surface area contributed by atoms with Crippen LogP contribution in [0.5, 0.6) is 0 Å². The van der Waals surface area contributed by atoms with Crippen LogP contribution < -0.4 is 11.1 Å². The minimum atomic E-state index is -0.0169. The first-order valence-electron chi connectivity index (χ1n) is 6.04. The molecule has 0 bridgehead atoms. The summed E-state index contributed by atoms with van der Waals surface area (Å²) >= 11 is 0. The van der Waals surface area contributed by atoms with E-state index in [1.165, 1.54) is 0 Å². The highest BCUT2D eigenvalue weighted by Gasteiger charge is 2.11. The Balaban J connectivity index is 2.69. The van der Waals surface area contributed by atoms with Crippen LogP contribution in [0.15, 0.2) is 24.3 Å². The Kier molecular flexibility index (Phi) is 5.33. The predicted molar refractivity (Wildman–Crippen MR) is 70.6 cm³/mol. The normalized spacial score (nSPS) is 10.0. The van der Waals surface area contributed by atoms with Gasteiger partial charge in [-0.15, -0.1) is 0 Å². The number of rotatable bonds is 5. The van der Waals surface area contributed by atoms with Crippen molar-refractivity contribution in [2.45, 2.75) is 26.8 Å². The maximum absolute atomic E-state index is 11.8. The topological polar surface area (TPSA) is 58.4 Å². The number of urea groups is 1. The second-order valence-electron chi connectivity index (χ2n) is 4.00. The van der Waals surface area contributed by atoms with Crippen molar-refractivity contribution < 1.29 is 4.79 Å². The maximum atomic E-state index is 11.8. The van der Waals surface area contributed by atoms with Crippen molar-refractivity contribution in [3.63, 3.8) is 0 Å². The average molecular weight is 235 g/mol. The first kappa shape index (κ1) is 13.4. The van der Waals surface area contributed by atoms with Gasteiger partial charge in [0, 0.05) is 25.3 Å². The molecule has 0 aliphatic heterocycles. The number of hydrogen-bond donors (Lipinski definition) is 2. The molecule has 1 aromatic carbocycles. The highest BCUT2D eigenvalue weighted by molar-refractivity contribution is 5.74. The number of amides is 2. The van der Waals surface area contributed by atoms with Gasteiger partial charge in [0.1, 0.15) is 0 Å². The minimum absolute atomic E-state index is 0.0169. The van der Waals surface area contributed by atoms with Crippen LogP contribution in [0.4, 0.5) is 10.5 Å². The van der Waals surface area contributed by atoms with Crippen molar-refractivity contribution in [2.24, 2.45) is 0 Å². The quantitative estimate of drug-likeness (QED) is 0.769. The molecule has 0 saturated heterocycles. The summed E-state index contributed by atoms with van der Waals surface area (Å²) in [6.07, 6.45) is 0.944. The number of nitrogens with zero attached hydrogens (tertiary/aromatic N) is 1. The summed E-state index contributed by atoms with van der Waals surface area (Å²) in [6, 6.07) is 7.63. The van der Waals surface area contributed by atoms with E-state index >= 15 is 0 Å². The number of anilines is 1. The Bertz CT molecular complexity index is 365. The number of hydrogen-bond acceptors (Lipinski definition) is 2. The van der Waals surface area contributed by atoms with E-state index in [2.05, 4.69) is 12.2 Å². The smallest absolute Gasteiger partial charge is 0.317 e. The van der Waals surface area contributed by atoms with E-state index < -0.39 is 0 Å². The zero-order chi connectivity index (χ0) is 12.7. The molecule has 0 fully saturated rings. The molecule has 4 nitrogen and oxygen atoms in total. The second-order valence-corrected chi connectivity index (χ2v) is 4.00. The lowest BCUT2D eigenvalue weighted by atomic mass is 10.2. The van der Waals surface area contributed by atoms with Gasteiger partial charge in [-0.25, -0.2) is 4.79 Å². The molecule has 4 heteroatoms. The molecule has 17 heavy (non-hydrogen) atoms. The lowest BCUT2D eigenvalue weighted by Crippen LogP contribution is -2.39. The van der Waals surface area contributed by atoms with E-state index in [0.29, 0.717) is 13.1 Å². The van der Waals surface area contributed by atoms with Crippen molar-refractivity contribution in [3.8, 4) is 0 Å². The van der Waals surface area contributed by atoms with Crippen molar-refractivity contribution in [2.75, 3.05) is 18.8 Å². The van der Waals surface area contributed by atoms with E-state index in [1.807, 2.05) is 31.2 Å². The lowest BCUT2D eigenvalue weighted by Gasteiger charge is -2.22. The molecule has 0 spiro atoms. The van der Waals surface area contributed by atoms with E-state index in [0.717, 1.165) is 24.2 Å². The SMILES string of the molecule is CCCN(Cc1cccc(N)c1)C(=O)NCC. The van der Waals surface area contributed by atoms with Crippen LogP contribution in [0.1, 0.15) is 25.8 Å². The molecule has 0 saturated carbocycles. The van der Waals surface area contributed by atoms with Gasteiger partial charge in [0.05, 0.1) is 0 Å². The van der Waals surface area contributed by atoms with Crippen molar-refractivity contribution in [1.29, 1.82) is 0 Å². The molecular formula is C13H21N3O. The average Bonchev–Trinajstić information content (AvgIpc) is 2.29. The Morgan fingerprint density at radius 2 is 2.18 bits per heavy atom. The fourth-order valence-electron chi connectivity index (χ4n) is 1.70. The van der Waals surface area contributed by atoms with Crippen LogP contribution in [0.2, 0.25) is 0 Å². The number of nitrogens with one attached hydrogen (secondary N) is 1. The zero-order valence-electron chi connectivity index (χ0n) is 10.6. The Hall–Kier alpha value is -1.71. The third kappa shape index (κ3) is 4.34. The fraction of sp³-hybridized carbons (Fsp3) is 0.462. The van der Waals surface area contributed by atoms with Gasteiger partial charge in [0.25, 0.3) is 0 Å². The van der Waals surface area contributed by atoms with Gasteiger partial charge in [-0.1, -0.05) is 19.1 Å².